The minimum absolute atomic E-state index is 0.0352. The summed E-state index contributed by atoms with van der Waals surface area (Å²) < 4.78 is 14.9. The van der Waals surface area contributed by atoms with Gasteiger partial charge in [-0.2, -0.15) is 0 Å². The summed E-state index contributed by atoms with van der Waals surface area (Å²) in [5, 5.41) is 17.4. The molecule has 7 nitrogen and oxygen atoms in total. The van der Waals surface area contributed by atoms with E-state index in [2.05, 4.69) is 0 Å². The van der Waals surface area contributed by atoms with Crippen molar-refractivity contribution in [2.24, 2.45) is 0 Å². The molecule has 0 radical (unpaired) electrons. The van der Waals surface area contributed by atoms with Gasteiger partial charge in [0, 0.05) is 0 Å². The van der Waals surface area contributed by atoms with Crippen LogP contribution in [0.4, 0.5) is 0 Å². The molecule has 0 fully saturated rings. The van der Waals surface area contributed by atoms with Gasteiger partial charge in [0.15, 0.2) is 0 Å². The molecule has 0 aliphatic heterocycles. The molecule has 0 atom stereocenters. The normalized spacial score (nSPS) is 10.0. The first-order valence-corrected chi connectivity index (χ1v) is 6.46. The van der Waals surface area contributed by atoms with Crippen molar-refractivity contribution in [1.29, 1.82) is 0 Å². The van der Waals surface area contributed by atoms with Gasteiger partial charge in [0.05, 0.1) is 25.4 Å². The highest BCUT2D eigenvalue weighted by atomic mass is 16.5. The number of ether oxygens (including phenoxy) is 3. The van der Waals surface area contributed by atoms with E-state index < -0.39 is 11.9 Å². The largest absolute Gasteiger partial charge is 0.490 e. The molecule has 0 saturated carbocycles. The van der Waals surface area contributed by atoms with Crippen LogP contribution in [0.2, 0.25) is 0 Å². The van der Waals surface area contributed by atoms with Gasteiger partial charge in [-0.3, -0.25) is 0 Å². The Morgan fingerprint density at radius 3 is 2.38 bits per heavy atom. The first-order chi connectivity index (χ1) is 10.1. The topological polar surface area (TPSA) is 102 Å². The lowest BCUT2D eigenvalue weighted by Gasteiger charge is -2.11. The van der Waals surface area contributed by atoms with Crippen molar-refractivity contribution >= 4 is 11.9 Å². The smallest absolute Gasteiger partial charge is 0.342 e. The average Bonchev–Trinajstić information content (AvgIpc) is 2.50. The molecule has 0 bridgehead atoms. The van der Waals surface area contributed by atoms with Crippen molar-refractivity contribution in [2.45, 2.75) is 6.92 Å². The first-order valence-electron chi connectivity index (χ1n) is 6.46. The highest BCUT2D eigenvalue weighted by molar-refractivity contribution is 5.96. The molecule has 0 heterocycles. The molecule has 21 heavy (non-hydrogen) atoms. The quantitative estimate of drug-likeness (QED) is 0.669. The molecule has 0 unspecified atom stereocenters. The molecular formula is C14H18O7. The number of carbonyl (C=O) groups excluding carboxylic acids is 2. The van der Waals surface area contributed by atoms with Crippen molar-refractivity contribution in [3.05, 3.63) is 29.3 Å². The van der Waals surface area contributed by atoms with E-state index in [1.807, 2.05) is 0 Å². The van der Waals surface area contributed by atoms with Crippen molar-refractivity contribution in [1.82, 2.24) is 0 Å². The Labute approximate surface area is 122 Å². The predicted octanol–water partition coefficient (Wildman–Crippen LogP) is 0.384. The first kappa shape index (κ1) is 16.9. The molecule has 1 rings (SSSR count). The van der Waals surface area contributed by atoms with Crippen LogP contribution in [0.15, 0.2) is 18.2 Å². The maximum atomic E-state index is 11.8. The van der Waals surface area contributed by atoms with E-state index >= 15 is 0 Å². The third kappa shape index (κ3) is 5.05. The van der Waals surface area contributed by atoms with Gasteiger partial charge in [0.25, 0.3) is 0 Å². The average molecular weight is 298 g/mol. The molecule has 0 saturated heterocycles. The number of rotatable bonds is 8. The van der Waals surface area contributed by atoms with Crippen molar-refractivity contribution in [3.8, 4) is 5.75 Å². The summed E-state index contributed by atoms with van der Waals surface area (Å²) in [6.45, 7) is 1.20. The highest BCUT2D eigenvalue weighted by Crippen LogP contribution is 2.22. The summed E-state index contributed by atoms with van der Waals surface area (Å²) in [4.78, 5) is 23.4. The minimum atomic E-state index is -0.688. The molecule has 2 N–H and O–H groups in total. The molecule has 0 amide bonds. The van der Waals surface area contributed by atoms with Gasteiger partial charge < -0.3 is 24.4 Å². The van der Waals surface area contributed by atoms with Crippen LogP contribution in [0.25, 0.3) is 0 Å². The van der Waals surface area contributed by atoms with Crippen LogP contribution < -0.4 is 4.74 Å². The Bertz CT molecular complexity index is 484. The third-order valence-corrected chi connectivity index (χ3v) is 2.39. The Morgan fingerprint density at radius 1 is 1.05 bits per heavy atom. The number of carbonyl (C=O) groups is 2. The van der Waals surface area contributed by atoms with Gasteiger partial charge >= 0.3 is 11.9 Å². The highest BCUT2D eigenvalue weighted by Gasteiger charge is 2.17. The van der Waals surface area contributed by atoms with Crippen molar-refractivity contribution < 1.29 is 34.0 Å². The molecule has 0 aromatic heterocycles. The number of aliphatic hydroxyl groups excluding tert-OH is 2. The second-order valence-corrected chi connectivity index (χ2v) is 3.86. The SMILES string of the molecule is CCOC(=O)c1ccc(C(=O)OCCO)c(OCCO)c1. The van der Waals surface area contributed by atoms with Crippen LogP contribution in [0.1, 0.15) is 27.6 Å². The summed E-state index contributed by atoms with van der Waals surface area (Å²) in [7, 11) is 0. The Morgan fingerprint density at radius 2 is 1.76 bits per heavy atom. The van der Waals surface area contributed by atoms with Gasteiger partial charge in [0.2, 0.25) is 0 Å². The molecule has 116 valence electrons. The lowest BCUT2D eigenvalue weighted by atomic mass is 10.1. The summed E-state index contributed by atoms with van der Waals surface area (Å²) >= 11 is 0. The number of aliphatic hydroxyl groups is 2. The van der Waals surface area contributed by atoms with Crippen molar-refractivity contribution in [2.75, 3.05) is 33.0 Å². The van der Waals surface area contributed by atoms with Gasteiger partial charge in [-0.25, -0.2) is 9.59 Å². The van der Waals surface area contributed by atoms with Gasteiger partial charge in [0.1, 0.15) is 24.5 Å². The third-order valence-electron chi connectivity index (χ3n) is 2.39. The summed E-state index contributed by atoms with van der Waals surface area (Å²) in [5.74, 6) is -1.12. The monoisotopic (exact) mass is 298 g/mol. The van der Waals surface area contributed by atoms with Crippen LogP contribution in [0, 0.1) is 0 Å². The van der Waals surface area contributed by atoms with Crippen LogP contribution in [0.5, 0.6) is 5.75 Å². The van der Waals surface area contributed by atoms with Crippen LogP contribution in [0.3, 0.4) is 0 Å². The van der Waals surface area contributed by atoms with Crippen LogP contribution in [-0.4, -0.2) is 55.2 Å². The minimum Gasteiger partial charge on any atom is -0.490 e. The fourth-order valence-electron chi connectivity index (χ4n) is 1.52. The van der Waals surface area contributed by atoms with E-state index in [9.17, 15) is 9.59 Å². The summed E-state index contributed by atoms with van der Waals surface area (Å²) in [6.07, 6.45) is 0. The van der Waals surface area contributed by atoms with E-state index in [0.717, 1.165) is 0 Å². The zero-order valence-electron chi connectivity index (χ0n) is 11.7. The van der Waals surface area contributed by atoms with Gasteiger partial charge in [-0.1, -0.05) is 0 Å². The molecule has 7 heteroatoms. The molecule has 1 aromatic carbocycles. The standard InChI is InChI=1S/C14H18O7/c1-2-19-13(17)10-3-4-11(14(18)21-8-6-16)12(9-10)20-7-5-15/h3-4,9,15-16H,2,5-8H2,1H3. The fourth-order valence-corrected chi connectivity index (χ4v) is 1.52. The maximum Gasteiger partial charge on any atom is 0.342 e. The number of benzene rings is 1. The second-order valence-electron chi connectivity index (χ2n) is 3.86. The Hall–Kier alpha value is -2.12. The maximum absolute atomic E-state index is 11.8. The fraction of sp³-hybridized carbons (Fsp3) is 0.429. The predicted molar refractivity (Wildman–Crippen MR) is 72.3 cm³/mol. The lowest BCUT2D eigenvalue weighted by Crippen LogP contribution is -2.13. The van der Waals surface area contributed by atoms with E-state index in [1.165, 1.54) is 18.2 Å². The van der Waals surface area contributed by atoms with E-state index in [4.69, 9.17) is 24.4 Å². The summed E-state index contributed by atoms with van der Waals surface area (Å²) in [6, 6.07) is 4.14. The molecule has 0 spiro atoms. The second kappa shape index (κ2) is 8.93. The zero-order valence-corrected chi connectivity index (χ0v) is 11.7. The molecule has 0 aliphatic rings. The lowest BCUT2D eigenvalue weighted by molar-refractivity contribution is 0.0426. The molecule has 1 aromatic rings. The Balaban J connectivity index is 3.00. The number of hydrogen-bond donors (Lipinski definition) is 2. The molecule has 0 aliphatic carbocycles. The van der Waals surface area contributed by atoms with Gasteiger partial charge in [-0.15, -0.1) is 0 Å². The molecular weight excluding hydrogens is 280 g/mol. The van der Waals surface area contributed by atoms with E-state index in [1.54, 1.807) is 6.92 Å². The van der Waals surface area contributed by atoms with E-state index in [-0.39, 0.29) is 49.9 Å². The Kier molecular flexibility index (Phi) is 7.20. The van der Waals surface area contributed by atoms with Gasteiger partial charge in [-0.05, 0) is 25.1 Å². The summed E-state index contributed by atoms with van der Waals surface area (Å²) in [5.41, 5.74) is 0.327. The van der Waals surface area contributed by atoms with Crippen LogP contribution >= 0.6 is 0 Å². The number of hydrogen-bond acceptors (Lipinski definition) is 7. The zero-order chi connectivity index (χ0) is 15.7. The number of esters is 2. The van der Waals surface area contributed by atoms with Crippen LogP contribution in [-0.2, 0) is 9.47 Å². The van der Waals surface area contributed by atoms with E-state index in [0.29, 0.717) is 0 Å². The van der Waals surface area contributed by atoms with Crippen molar-refractivity contribution in [3.63, 3.8) is 0 Å².